The standard InChI is InChI=1S/C34H36F3NO7/c1-7-15-38(16-8-2)19-25-26(44-33(40)22-10-13-27(41-5)28(18-22)42-6)14-12-24-29(39)31(32(34(35,36)37)45-30(24)25)43-23-11-9-20(3)21(4)17-23/h9-14,17-18H,7-8,15-16,19H2,1-6H3/p+1. The fraction of sp³-hybridized carbons (Fsp3) is 0.353. The molecular formula is C34H37F3NO7+. The van der Waals surface area contributed by atoms with E-state index in [1.54, 1.807) is 19.1 Å². The summed E-state index contributed by atoms with van der Waals surface area (Å²) in [6.07, 6.45) is -3.47. The number of benzene rings is 3. The average Bonchev–Trinajstić information content (AvgIpc) is 3.00. The molecule has 8 nitrogen and oxygen atoms in total. The first-order valence-electron chi connectivity index (χ1n) is 14.6. The molecule has 0 radical (unpaired) electrons. The lowest BCUT2D eigenvalue weighted by Gasteiger charge is -2.21. The predicted octanol–water partition coefficient (Wildman–Crippen LogP) is 6.66. The number of rotatable bonds is 12. The van der Waals surface area contributed by atoms with Gasteiger partial charge >= 0.3 is 12.1 Å². The number of carbonyl (C=O) groups is 1. The summed E-state index contributed by atoms with van der Waals surface area (Å²) in [6, 6.07) is 11.9. The number of fused-ring (bicyclic) bond motifs is 1. The summed E-state index contributed by atoms with van der Waals surface area (Å²) in [5.74, 6) is -2.58. The van der Waals surface area contributed by atoms with E-state index in [-0.39, 0.29) is 40.1 Å². The molecule has 240 valence electrons. The maximum atomic E-state index is 14.5. The molecule has 0 aliphatic carbocycles. The molecule has 4 rings (SSSR count). The third-order valence-corrected chi connectivity index (χ3v) is 7.49. The summed E-state index contributed by atoms with van der Waals surface area (Å²) >= 11 is 0. The van der Waals surface area contributed by atoms with Gasteiger partial charge < -0.3 is 28.3 Å². The smallest absolute Gasteiger partial charge is 0.453 e. The van der Waals surface area contributed by atoms with Gasteiger partial charge in [0.05, 0.1) is 43.8 Å². The lowest BCUT2D eigenvalue weighted by atomic mass is 10.1. The first-order valence-corrected chi connectivity index (χ1v) is 14.6. The lowest BCUT2D eigenvalue weighted by Crippen LogP contribution is -3.10. The fourth-order valence-electron chi connectivity index (χ4n) is 5.10. The molecule has 0 saturated heterocycles. The number of esters is 1. The number of hydrogen-bond acceptors (Lipinski definition) is 7. The van der Waals surface area contributed by atoms with Crippen LogP contribution in [-0.4, -0.2) is 33.3 Å². The van der Waals surface area contributed by atoms with E-state index in [0.717, 1.165) is 28.9 Å². The minimum Gasteiger partial charge on any atom is -0.493 e. The molecule has 11 heteroatoms. The van der Waals surface area contributed by atoms with Gasteiger partial charge in [-0.1, -0.05) is 19.9 Å². The number of ether oxygens (including phenoxy) is 4. The second-order valence-corrected chi connectivity index (χ2v) is 10.7. The Kier molecular flexibility index (Phi) is 10.4. The van der Waals surface area contributed by atoms with Crippen LogP contribution in [0.25, 0.3) is 11.0 Å². The van der Waals surface area contributed by atoms with Gasteiger partial charge in [0, 0.05) is 0 Å². The van der Waals surface area contributed by atoms with Gasteiger partial charge in [-0.05, 0) is 80.3 Å². The van der Waals surface area contributed by atoms with Crippen LogP contribution in [0, 0.1) is 13.8 Å². The van der Waals surface area contributed by atoms with Crippen molar-refractivity contribution in [2.24, 2.45) is 0 Å². The zero-order valence-corrected chi connectivity index (χ0v) is 26.1. The molecule has 0 amide bonds. The van der Waals surface area contributed by atoms with Crippen LogP contribution in [0.15, 0.2) is 57.7 Å². The Hall–Kier alpha value is -4.51. The highest BCUT2D eigenvalue weighted by Crippen LogP contribution is 2.40. The quantitative estimate of drug-likeness (QED) is 0.139. The SMILES string of the molecule is CCC[NH+](CCC)Cc1c(OC(=O)c2ccc(OC)c(OC)c2)ccc2c(=O)c(Oc3ccc(C)c(C)c3)c(C(F)(F)F)oc12. The normalized spacial score (nSPS) is 11.6. The summed E-state index contributed by atoms with van der Waals surface area (Å²) in [7, 11) is 2.88. The monoisotopic (exact) mass is 628 g/mol. The van der Waals surface area contributed by atoms with E-state index in [2.05, 4.69) is 0 Å². The molecule has 0 saturated carbocycles. The van der Waals surface area contributed by atoms with Crippen molar-refractivity contribution in [3.05, 3.63) is 86.8 Å². The van der Waals surface area contributed by atoms with Gasteiger partial charge in [0.1, 0.15) is 18.0 Å². The number of hydrogen-bond donors (Lipinski definition) is 1. The summed E-state index contributed by atoms with van der Waals surface area (Å²) < 4.78 is 70.8. The van der Waals surface area contributed by atoms with E-state index >= 15 is 0 Å². The predicted molar refractivity (Wildman–Crippen MR) is 163 cm³/mol. The third kappa shape index (κ3) is 7.42. The van der Waals surface area contributed by atoms with Gasteiger partial charge in [0.15, 0.2) is 17.1 Å². The molecule has 0 bridgehead atoms. The molecule has 0 aliphatic rings. The molecule has 1 N–H and O–H groups in total. The minimum absolute atomic E-state index is 0.0221. The van der Waals surface area contributed by atoms with Crippen molar-refractivity contribution in [1.82, 2.24) is 0 Å². The molecule has 4 aromatic rings. The Bertz CT molecular complexity index is 1740. The van der Waals surface area contributed by atoms with E-state index in [1.165, 1.54) is 50.6 Å². The van der Waals surface area contributed by atoms with E-state index in [4.69, 9.17) is 23.4 Å². The van der Waals surface area contributed by atoms with Crippen molar-refractivity contribution < 1.29 is 46.2 Å². The van der Waals surface area contributed by atoms with Gasteiger partial charge in [-0.25, -0.2) is 4.79 Å². The summed E-state index contributed by atoms with van der Waals surface area (Å²) in [5, 5.41) is -0.130. The molecule has 1 aromatic heterocycles. The first-order chi connectivity index (χ1) is 21.4. The maximum absolute atomic E-state index is 14.5. The van der Waals surface area contributed by atoms with Crippen molar-refractivity contribution in [3.63, 3.8) is 0 Å². The van der Waals surface area contributed by atoms with Gasteiger partial charge in [-0.3, -0.25) is 4.79 Å². The van der Waals surface area contributed by atoms with Crippen molar-refractivity contribution in [1.29, 1.82) is 0 Å². The highest BCUT2D eigenvalue weighted by Gasteiger charge is 2.41. The van der Waals surface area contributed by atoms with Gasteiger partial charge in [-0.2, -0.15) is 13.2 Å². The van der Waals surface area contributed by atoms with Crippen molar-refractivity contribution in [3.8, 4) is 28.7 Å². The van der Waals surface area contributed by atoms with Crippen LogP contribution in [0.1, 0.15) is 59.5 Å². The van der Waals surface area contributed by atoms with Gasteiger partial charge in [0.25, 0.3) is 5.76 Å². The van der Waals surface area contributed by atoms with Crippen LogP contribution < -0.4 is 29.3 Å². The van der Waals surface area contributed by atoms with E-state index in [0.29, 0.717) is 24.6 Å². The van der Waals surface area contributed by atoms with Crippen LogP contribution in [-0.2, 0) is 12.7 Å². The fourth-order valence-corrected chi connectivity index (χ4v) is 5.10. The molecule has 0 spiro atoms. The van der Waals surface area contributed by atoms with Crippen molar-refractivity contribution in [2.75, 3.05) is 27.3 Å². The lowest BCUT2D eigenvalue weighted by molar-refractivity contribution is -0.913. The molecule has 0 aliphatic heterocycles. The molecule has 0 unspecified atom stereocenters. The van der Waals surface area contributed by atoms with E-state index in [1.807, 2.05) is 20.8 Å². The number of methoxy groups -OCH3 is 2. The topological polar surface area (TPSA) is 88.6 Å². The first kappa shape index (κ1) is 33.4. The maximum Gasteiger partial charge on any atom is 0.453 e. The summed E-state index contributed by atoms with van der Waals surface area (Å²) in [4.78, 5) is 28.0. The van der Waals surface area contributed by atoms with Gasteiger partial charge in [-0.15, -0.1) is 0 Å². The number of alkyl halides is 3. The van der Waals surface area contributed by atoms with Gasteiger partial charge in [0.2, 0.25) is 11.2 Å². The highest BCUT2D eigenvalue weighted by atomic mass is 19.4. The second kappa shape index (κ2) is 14.1. The number of nitrogens with one attached hydrogen (secondary N) is 1. The van der Waals surface area contributed by atoms with Crippen LogP contribution in [0.5, 0.6) is 28.7 Å². The Morgan fingerprint density at radius 3 is 2.13 bits per heavy atom. The van der Waals surface area contributed by atoms with E-state index in [9.17, 15) is 22.8 Å². The minimum atomic E-state index is -5.06. The average molecular weight is 629 g/mol. The zero-order valence-electron chi connectivity index (χ0n) is 26.1. The Labute approximate surface area is 259 Å². The van der Waals surface area contributed by atoms with Crippen LogP contribution in [0.3, 0.4) is 0 Å². The molecule has 1 heterocycles. The van der Waals surface area contributed by atoms with Crippen molar-refractivity contribution in [2.45, 2.75) is 53.3 Å². The number of carbonyl (C=O) groups excluding carboxylic acids is 1. The Morgan fingerprint density at radius 1 is 0.867 bits per heavy atom. The largest absolute Gasteiger partial charge is 0.493 e. The summed E-state index contributed by atoms with van der Waals surface area (Å²) in [6.45, 7) is 9.15. The Morgan fingerprint density at radius 2 is 1.53 bits per heavy atom. The molecule has 45 heavy (non-hydrogen) atoms. The Balaban J connectivity index is 1.91. The number of quaternary nitrogens is 1. The molecule has 0 fully saturated rings. The number of halogens is 3. The molecular weight excluding hydrogens is 591 g/mol. The summed E-state index contributed by atoms with van der Waals surface area (Å²) in [5.41, 5.74) is 0.674. The number of aryl methyl sites for hydroxylation is 2. The second-order valence-electron chi connectivity index (χ2n) is 10.7. The third-order valence-electron chi connectivity index (χ3n) is 7.49. The zero-order chi connectivity index (χ0) is 32.9. The van der Waals surface area contributed by atoms with Crippen LogP contribution in [0.4, 0.5) is 13.2 Å². The van der Waals surface area contributed by atoms with Crippen molar-refractivity contribution >= 4 is 16.9 Å². The highest BCUT2D eigenvalue weighted by molar-refractivity contribution is 5.93. The van der Waals surface area contributed by atoms with Crippen LogP contribution in [0.2, 0.25) is 0 Å². The molecule has 3 aromatic carbocycles. The van der Waals surface area contributed by atoms with Crippen LogP contribution >= 0.6 is 0 Å². The van der Waals surface area contributed by atoms with E-state index < -0.39 is 29.1 Å². The molecule has 0 atom stereocenters.